The van der Waals surface area contributed by atoms with Gasteiger partial charge in [0.15, 0.2) is 0 Å². The Hall–Kier alpha value is -0.320. The summed E-state index contributed by atoms with van der Waals surface area (Å²) in [5.41, 5.74) is -1.13. The summed E-state index contributed by atoms with van der Waals surface area (Å²) in [5.74, 6) is 0.736. The Kier molecular flexibility index (Phi) is 14.4. The summed E-state index contributed by atoms with van der Waals surface area (Å²) in [7, 11) is -5.56. The fraction of sp³-hybridized carbons (Fsp3) is 0.944. The molecule has 0 aromatic heterocycles. The van der Waals surface area contributed by atoms with Crippen molar-refractivity contribution >= 4 is 38.0 Å². The van der Waals surface area contributed by atoms with Gasteiger partial charge in [0.05, 0.1) is 6.61 Å². The molecule has 0 aromatic rings. The lowest BCUT2D eigenvalue weighted by atomic mass is 10.0. The number of unbranched alkanes of at least 4 members (excludes halogenated alkanes) is 7. The van der Waals surface area contributed by atoms with Crippen molar-refractivity contribution in [2.45, 2.75) is 87.6 Å². The van der Waals surface area contributed by atoms with Crippen molar-refractivity contribution in [3.8, 4) is 0 Å². The maximum atomic E-state index is 11.0. The summed E-state index contributed by atoms with van der Waals surface area (Å²) < 4.78 is 51.0. The number of aliphatic hydroxyl groups is 4. The molecule has 5 N–H and O–H groups in total. The van der Waals surface area contributed by atoms with Crippen LogP contribution in [0.25, 0.3) is 0 Å². The maximum Gasteiger partial charge on any atom is 0.466 e. The van der Waals surface area contributed by atoms with Crippen LogP contribution in [-0.2, 0) is 30.2 Å². The smallest absolute Gasteiger partial charge is 0.394 e. The van der Waals surface area contributed by atoms with Crippen molar-refractivity contribution < 1.29 is 46.6 Å². The Balaban J connectivity index is 2.48. The van der Waals surface area contributed by atoms with Gasteiger partial charge in [-0.05, 0) is 19.3 Å². The molecule has 0 aromatic carbocycles. The van der Waals surface area contributed by atoms with Crippen LogP contribution in [0.1, 0.15) is 57.8 Å². The van der Waals surface area contributed by atoms with E-state index in [0.717, 1.165) is 62.5 Å². The largest absolute Gasteiger partial charge is 0.466 e. The molecule has 11 nitrogen and oxygen atoms in total. The molecule has 0 saturated carbocycles. The Bertz CT molecular complexity index is 688. The van der Waals surface area contributed by atoms with Crippen LogP contribution in [0.5, 0.6) is 0 Å². The number of nitrogens with zero attached hydrogens (tertiary/aromatic N) is 1. The monoisotopic (exact) mass is 521 g/mol. The minimum absolute atomic E-state index is 0.111. The number of aliphatic hydroxyl groups excluding tert-OH is 4. The molecule has 1 aliphatic heterocycles. The van der Waals surface area contributed by atoms with Gasteiger partial charge in [-0.1, -0.05) is 55.4 Å². The third-order valence-corrected chi connectivity index (χ3v) is 7.21. The van der Waals surface area contributed by atoms with Gasteiger partial charge in [0.25, 0.3) is 0 Å². The number of ether oxygens (including phenoxy) is 1. The van der Waals surface area contributed by atoms with Crippen molar-refractivity contribution in [2.75, 3.05) is 18.6 Å². The van der Waals surface area contributed by atoms with Crippen LogP contribution in [0, 0.1) is 0 Å². The van der Waals surface area contributed by atoms with Crippen LogP contribution in [0.4, 0.5) is 0 Å². The van der Waals surface area contributed by atoms with E-state index < -0.39 is 57.7 Å². The van der Waals surface area contributed by atoms with Crippen molar-refractivity contribution in [3.05, 3.63) is 0 Å². The fourth-order valence-electron chi connectivity index (χ4n) is 3.16. The first-order valence-corrected chi connectivity index (χ1v) is 14.5. The molecule has 0 aliphatic carbocycles. The van der Waals surface area contributed by atoms with E-state index in [9.17, 15) is 33.1 Å². The molecule has 1 saturated heterocycles. The van der Waals surface area contributed by atoms with E-state index in [-0.39, 0.29) is 11.5 Å². The predicted molar refractivity (Wildman–Crippen MR) is 122 cm³/mol. The highest BCUT2D eigenvalue weighted by Crippen LogP contribution is 2.30. The van der Waals surface area contributed by atoms with E-state index in [4.69, 9.17) is 9.29 Å². The van der Waals surface area contributed by atoms with E-state index in [1.165, 1.54) is 0 Å². The molecule has 32 heavy (non-hydrogen) atoms. The van der Waals surface area contributed by atoms with E-state index in [2.05, 4.69) is 9.44 Å². The van der Waals surface area contributed by atoms with Gasteiger partial charge in [0, 0.05) is 22.8 Å². The lowest BCUT2D eigenvalue weighted by Gasteiger charge is -2.39. The third kappa shape index (κ3) is 12.2. The summed E-state index contributed by atoms with van der Waals surface area (Å²) in [4.78, 5) is 0. The maximum absolute atomic E-state index is 11.0. The van der Waals surface area contributed by atoms with Gasteiger partial charge in [-0.2, -0.15) is 8.42 Å². The zero-order valence-corrected chi connectivity index (χ0v) is 20.6. The molecule has 1 fully saturated rings. The van der Waals surface area contributed by atoms with Gasteiger partial charge in [-0.3, -0.25) is 8.76 Å². The van der Waals surface area contributed by atoms with Gasteiger partial charge in [-0.25, -0.2) is 4.28 Å². The van der Waals surface area contributed by atoms with Crippen molar-refractivity contribution in [1.82, 2.24) is 0 Å². The van der Waals surface area contributed by atoms with Gasteiger partial charge in [0.1, 0.15) is 34.9 Å². The molecule has 0 amide bonds. The zero-order chi connectivity index (χ0) is 24.1. The zero-order valence-electron chi connectivity index (χ0n) is 18.1. The average Bonchev–Trinajstić information content (AvgIpc) is 2.72. The van der Waals surface area contributed by atoms with Gasteiger partial charge < -0.3 is 25.2 Å². The molecule has 1 unspecified atom stereocenters. The molecular formula is C18H35NO10S3. The third-order valence-electron chi connectivity index (χ3n) is 4.91. The molecule has 6 atom stereocenters. The van der Waals surface area contributed by atoms with E-state index >= 15 is 0 Å². The second-order valence-electron chi connectivity index (χ2n) is 7.66. The Morgan fingerprint density at radius 2 is 1.56 bits per heavy atom. The van der Waals surface area contributed by atoms with Crippen LogP contribution in [0.3, 0.4) is 0 Å². The quantitative estimate of drug-likeness (QED) is 0.0666. The molecule has 1 heterocycles. The Labute approximate surface area is 196 Å². The highest BCUT2D eigenvalue weighted by molar-refractivity contribution is 8.14. The summed E-state index contributed by atoms with van der Waals surface area (Å²) in [6.45, 7) is -0.591. The lowest BCUT2D eigenvalue weighted by Crippen LogP contribution is -2.57. The topological polar surface area (TPSA) is 183 Å². The fourth-order valence-corrected chi connectivity index (χ4v) is 5.11. The van der Waals surface area contributed by atoms with Crippen molar-refractivity contribution in [1.29, 1.82) is 0 Å². The SMILES string of the molecule is CS(=O)CCCCCCCCCC/C(=N\OS(=O)(=O)O)S[C@@H]1O[C@H](CO)[C@@H](O)[C@H](O)[C@H]1O. The van der Waals surface area contributed by atoms with Crippen LogP contribution in [0.15, 0.2) is 5.16 Å². The first-order valence-electron chi connectivity index (χ1n) is 10.5. The molecular weight excluding hydrogens is 486 g/mol. The number of hydrogen-bond acceptors (Lipinski definition) is 11. The van der Waals surface area contributed by atoms with Crippen LogP contribution in [-0.4, -0.2) is 91.1 Å². The number of thioether (sulfide) groups is 1. The van der Waals surface area contributed by atoms with Crippen LogP contribution in [0.2, 0.25) is 0 Å². The van der Waals surface area contributed by atoms with Gasteiger partial charge in [0.2, 0.25) is 0 Å². The summed E-state index contributed by atoms with van der Waals surface area (Å²) in [6.07, 6.45) is 3.90. The second kappa shape index (κ2) is 15.6. The summed E-state index contributed by atoms with van der Waals surface area (Å²) in [5, 5.41) is 42.7. The number of rotatable bonds is 15. The summed E-state index contributed by atoms with van der Waals surface area (Å²) >= 11 is 0.789. The lowest BCUT2D eigenvalue weighted by molar-refractivity contribution is -0.205. The standard InChI is InChI=1S/C18H35NO10S3/c1-31(24)11-9-7-5-3-2-4-6-8-10-14(19-29-32(25,26)27)30-18-17(23)16(22)15(21)13(12-20)28-18/h13,15-18,20-23H,2-12H2,1H3,(H,25,26,27)/b19-14+/t13-,15-,16+,17-,18+,31?/m1/s1. The van der Waals surface area contributed by atoms with Gasteiger partial charge >= 0.3 is 10.4 Å². The summed E-state index contributed by atoms with van der Waals surface area (Å²) in [6, 6.07) is 0. The van der Waals surface area contributed by atoms with Crippen LogP contribution < -0.4 is 0 Å². The van der Waals surface area contributed by atoms with Crippen LogP contribution >= 0.6 is 11.8 Å². The molecule has 1 rings (SSSR count). The van der Waals surface area contributed by atoms with Crippen molar-refractivity contribution in [3.63, 3.8) is 0 Å². The molecule has 0 spiro atoms. The predicted octanol–water partition coefficient (Wildman–Crippen LogP) is 0.542. The Morgan fingerprint density at radius 1 is 1.00 bits per heavy atom. The van der Waals surface area contributed by atoms with Crippen molar-refractivity contribution in [2.24, 2.45) is 5.16 Å². The number of oxime groups is 1. The van der Waals surface area contributed by atoms with E-state index in [1.807, 2.05) is 0 Å². The average molecular weight is 522 g/mol. The molecule has 190 valence electrons. The first-order chi connectivity index (χ1) is 15.0. The molecule has 0 radical (unpaired) electrons. The first kappa shape index (κ1) is 29.7. The number of hydrogen-bond donors (Lipinski definition) is 5. The highest BCUT2D eigenvalue weighted by Gasteiger charge is 2.44. The highest BCUT2D eigenvalue weighted by atomic mass is 32.3. The molecule has 0 bridgehead atoms. The molecule has 1 aliphatic rings. The minimum atomic E-state index is -4.82. The van der Waals surface area contributed by atoms with E-state index in [0.29, 0.717) is 6.42 Å². The van der Waals surface area contributed by atoms with Gasteiger partial charge in [-0.15, -0.1) is 0 Å². The van der Waals surface area contributed by atoms with E-state index in [1.54, 1.807) is 6.26 Å². The normalized spacial score (nSPS) is 27.9. The second-order valence-corrected chi connectivity index (χ2v) is 11.4. The molecule has 14 heteroatoms. The Morgan fingerprint density at radius 3 is 2.09 bits per heavy atom. The minimum Gasteiger partial charge on any atom is -0.394 e.